The topological polar surface area (TPSA) is 71.1 Å². The van der Waals surface area contributed by atoms with E-state index in [4.69, 9.17) is 14.2 Å². The zero-order valence-electron chi connectivity index (χ0n) is 14.3. The zero-order valence-corrected chi connectivity index (χ0v) is 14.3. The van der Waals surface area contributed by atoms with Crippen LogP contribution in [0, 0.1) is 5.82 Å². The van der Waals surface area contributed by atoms with E-state index in [0.717, 1.165) is 18.2 Å². The molecular formula is C18H15F3O6. The van der Waals surface area contributed by atoms with Gasteiger partial charge in [-0.05, 0) is 36.4 Å². The number of esters is 1. The van der Waals surface area contributed by atoms with E-state index in [0.29, 0.717) is 0 Å². The molecule has 0 N–H and O–H groups in total. The SMILES string of the molecule is COc1ccc(C(=O)COC(=O)c2ccc(OC(F)F)c(OC)c2)cc1F. The minimum Gasteiger partial charge on any atom is -0.494 e. The fraction of sp³-hybridized carbons (Fsp3) is 0.222. The molecule has 2 aromatic rings. The molecule has 0 fully saturated rings. The van der Waals surface area contributed by atoms with E-state index in [-0.39, 0.29) is 28.4 Å². The number of alkyl halides is 2. The molecule has 0 amide bonds. The third-order valence-electron chi connectivity index (χ3n) is 3.42. The van der Waals surface area contributed by atoms with Crippen molar-refractivity contribution in [3.8, 4) is 17.2 Å². The lowest BCUT2D eigenvalue weighted by atomic mass is 10.1. The second kappa shape index (κ2) is 8.93. The van der Waals surface area contributed by atoms with Crippen LogP contribution in [0.5, 0.6) is 17.2 Å². The number of ketones is 1. The van der Waals surface area contributed by atoms with Crippen molar-refractivity contribution in [1.29, 1.82) is 0 Å². The molecule has 0 unspecified atom stereocenters. The maximum atomic E-state index is 13.6. The molecule has 0 bridgehead atoms. The van der Waals surface area contributed by atoms with Crippen molar-refractivity contribution in [3.05, 3.63) is 53.3 Å². The van der Waals surface area contributed by atoms with Crippen LogP contribution in [0.2, 0.25) is 0 Å². The van der Waals surface area contributed by atoms with Crippen molar-refractivity contribution >= 4 is 11.8 Å². The normalized spacial score (nSPS) is 10.4. The van der Waals surface area contributed by atoms with E-state index in [1.165, 1.54) is 32.4 Å². The molecule has 6 nitrogen and oxygen atoms in total. The van der Waals surface area contributed by atoms with Crippen LogP contribution in [-0.4, -0.2) is 39.2 Å². The lowest BCUT2D eigenvalue weighted by Crippen LogP contribution is -2.15. The first kappa shape index (κ1) is 20.1. The van der Waals surface area contributed by atoms with Gasteiger partial charge in [0, 0.05) is 5.56 Å². The number of methoxy groups -OCH3 is 2. The molecule has 2 rings (SSSR count). The average Bonchev–Trinajstić information content (AvgIpc) is 2.65. The summed E-state index contributed by atoms with van der Waals surface area (Å²) < 4.78 is 57.0. The van der Waals surface area contributed by atoms with Crippen LogP contribution in [0.25, 0.3) is 0 Å². The van der Waals surface area contributed by atoms with E-state index in [1.807, 2.05) is 0 Å². The van der Waals surface area contributed by atoms with Gasteiger partial charge in [0.25, 0.3) is 0 Å². The molecule has 0 atom stereocenters. The highest BCUT2D eigenvalue weighted by molar-refractivity contribution is 5.99. The molecule has 0 spiro atoms. The first-order chi connectivity index (χ1) is 12.8. The number of carbonyl (C=O) groups excluding carboxylic acids is 2. The van der Waals surface area contributed by atoms with Crippen LogP contribution in [-0.2, 0) is 4.74 Å². The predicted molar refractivity (Wildman–Crippen MR) is 87.2 cm³/mol. The number of hydrogen-bond acceptors (Lipinski definition) is 6. The number of halogens is 3. The fourth-order valence-corrected chi connectivity index (χ4v) is 2.13. The molecule has 0 saturated heterocycles. The van der Waals surface area contributed by atoms with Crippen molar-refractivity contribution in [2.75, 3.05) is 20.8 Å². The third-order valence-corrected chi connectivity index (χ3v) is 3.42. The second-order valence-electron chi connectivity index (χ2n) is 5.09. The summed E-state index contributed by atoms with van der Waals surface area (Å²) in [6.45, 7) is -3.69. The maximum Gasteiger partial charge on any atom is 0.387 e. The van der Waals surface area contributed by atoms with Crippen LogP contribution in [0.3, 0.4) is 0 Å². The quantitative estimate of drug-likeness (QED) is 0.513. The van der Waals surface area contributed by atoms with Crippen molar-refractivity contribution in [2.45, 2.75) is 6.61 Å². The molecule has 0 aromatic heterocycles. The minimum atomic E-state index is -3.06. The van der Waals surface area contributed by atoms with Crippen molar-refractivity contribution in [2.24, 2.45) is 0 Å². The van der Waals surface area contributed by atoms with Gasteiger partial charge in [0.1, 0.15) is 0 Å². The number of carbonyl (C=O) groups is 2. The molecule has 0 aliphatic rings. The molecule has 0 aliphatic heterocycles. The third kappa shape index (κ3) is 5.13. The Bertz CT molecular complexity index is 838. The molecule has 2 aromatic carbocycles. The summed E-state index contributed by atoms with van der Waals surface area (Å²) in [5, 5.41) is 0. The Kier molecular flexibility index (Phi) is 6.64. The van der Waals surface area contributed by atoms with Gasteiger partial charge >= 0.3 is 12.6 Å². The average molecular weight is 384 g/mol. The van der Waals surface area contributed by atoms with Crippen molar-refractivity contribution in [1.82, 2.24) is 0 Å². The summed E-state index contributed by atoms with van der Waals surface area (Å²) >= 11 is 0. The summed E-state index contributed by atoms with van der Waals surface area (Å²) in [5.41, 5.74) is -0.0402. The first-order valence-electron chi connectivity index (χ1n) is 7.52. The molecule has 144 valence electrons. The Hall–Kier alpha value is -3.23. The van der Waals surface area contributed by atoms with E-state index < -0.39 is 30.8 Å². The number of rotatable bonds is 8. The summed E-state index contributed by atoms with van der Waals surface area (Å²) in [6, 6.07) is 7.00. The van der Waals surface area contributed by atoms with Gasteiger partial charge < -0.3 is 18.9 Å². The van der Waals surface area contributed by atoms with Gasteiger partial charge in [0.2, 0.25) is 0 Å². The number of benzene rings is 2. The lowest BCUT2D eigenvalue weighted by molar-refractivity contribution is -0.0512. The Morgan fingerprint density at radius 2 is 1.56 bits per heavy atom. The van der Waals surface area contributed by atoms with Gasteiger partial charge in [-0.1, -0.05) is 0 Å². The summed E-state index contributed by atoms with van der Waals surface area (Å²) in [7, 11) is 2.50. The van der Waals surface area contributed by atoms with Gasteiger partial charge in [-0.25, -0.2) is 9.18 Å². The van der Waals surface area contributed by atoms with Gasteiger partial charge in [-0.15, -0.1) is 0 Å². The standard InChI is InChI=1S/C18H15F3O6/c1-24-14-5-3-10(7-12(14)19)13(22)9-26-17(23)11-4-6-15(27-18(20)21)16(8-11)25-2/h3-8,18H,9H2,1-2H3. The molecule has 27 heavy (non-hydrogen) atoms. The predicted octanol–water partition coefficient (Wildman–Crippen LogP) is 3.48. The number of hydrogen-bond donors (Lipinski definition) is 0. The molecule has 0 radical (unpaired) electrons. The fourth-order valence-electron chi connectivity index (χ4n) is 2.13. The molecular weight excluding hydrogens is 369 g/mol. The zero-order chi connectivity index (χ0) is 20.0. The smallest absolute Gasteiger partial charge is 0.387 e. The van der Waals surface area contributed by atoms with Crippen LogP contribution in [0.4, 0.5) is 13.2 Å². The first-order valence-corrected chi connectivity index (χ1v) is 7.52. The highest BCUT2D eigenvalue weighted by atomic mass is 19.3. The molecule has 0 heterocycles. The summed E-state index contributed by atoms with van der Waals surface area (Å²) in [4.78, 5) is 24.1. The highest BCUT2D eigenvalue weighted by Crippen LogP contribution is 2.29. The van der Waals surface area contributed by atoms with Crippen LogP contribution in [0.1, 0.15) is 20.7 Å². The molecule has 0 aliphatic carbocycles. The number of Topliss-reactive ketones (excluding diaryl/α,β-unsaturated/α-hetero) is 1. The van der Waals surface area contributed by atoms with Crippen LogP contribution in [0.15, 0.2) is 36.4 Å². The Morgan fingerprint density at radius 1 is 0.926 bits per heavy atom. The van der Waals surface area contributed by atoms with Crippen molar-refractivity contribution < 1.29 is 41.7 Å². The van der Waals surface area contributed by atoms with Crippen LogP contribution < -0.4 is 14.2 Å². The molecule has 0 saturated carbocycles. The van der Waals surface area contributed by atoms with Crippen LogP contribution >= 0.6 is 0 Å². The lowest BCUT2D eigenvalue weighted by Gasteiger charge is -2.11. The molecule has 9 heteroatoms. The van der Waals surface area contributed by atoms with Gasteiger partial charge in [-0.3, -0.25) is 4.79 Å². The largest absolute Gasteiger partial charge is 0.494 e. The van der Waals surface area contributed by atoms with Gasteiger partial charge in [-0.2, -0.15) is 8.78 Å². The summed E-state index contributed by atoms with van der Waals surface area (Å²) in [6.07, 6.45) is 0. The summed E-state index contributed by atoms with van der Waals surface area (Å²) in [5.74, 6) is -2.63. The minimum absolute atomic E-state index is 0.000591. The Balaban J connectivity index is 2.04. The van der Waals surface area contributed by atoms with E-state index in [1.54, 1.807) is 0 Å². The highest BCUT2D eigenvalue weighted by Gasteiger charge is 2.17. The number of ether oxygens (including phenoxy) is 4. The van der Waals surface area contributed by atoms with E-state index in [2.05, 4.69) is 4.74 Å². The van der Waals surface area contributed by atoms with Gasteiger partial charge in [0.05, 0.1) is 19.8 Å². The maximum absolute atomic E-state index is 13.6. The van der Waals surface area contributed by atoms with Crippen molar-refractivity contribution in [3.63, 3.8) is 0 Å². The van der Waals surface area contributed by atoms with E-state index >= 15 is 0 Å². The monoisotopic (exact) mass is 384 g/mol. The van der Waals surface area contributed by atoms with E-state index in [9.17, 15) is 22.8 Å². The Morgan fingerprint density at radius 3 is 2.15 bits per heavy atom. The second-order valence-corrected chi connectivity index (χ2v) is 5.09. The van der Waals surface area contributed by atoms with Gasteiger partial charge in [0.15, 0.2) is 35.5 Å². The Labute approximate surface area is 152 Å².